The fourth-order valence-electron chi connectivity index (χ4n) is 2.95. The van der Waals surface area contributed by atoms with Gasteiger partial charge < -0.3 is 9.64 Å². The van der Waals surface area contributed by atoms with E-state index in [1.54, 1.807) is 60.5 Å². The van der Waals surface area contributed by atoms with E-state index < -0.39 is 9.84 Å². The lowest BCUT2D eigenvalue weighted by Gasteiger charge is -2.28. The summed E-state index contributed by atoms with van der Waals surface area (Å²) in [6, 6.07) is 15.7. The van der Waals surface area contributed by atoms with Crippen molar-refractivity contribution in [3.63, 3.8) is 0 Å². The summed E-state index contributed by atoms with van der Waals surface area (Å²) in [5, 5.41) is 0. The van der Waals surface area contributed by atoms with Gasteiger partial charge in [0.25, 0.3) is 5.91 Å². The van der Waals surface area contributed by atoms with E-state index in [9.17, 15) is 13.2 Å². The van der Waals surface area contributed by atoms with Crippen LogP contribution in [-0.2, 0) is 9.84 Å². The number of nitrogens with zero attached hydrogens (tertiary/aromatic N) is 1. The molecule has 1 amide bonds. The van der Waals surface area contributed by atoms with Gasteiger partial charge in [0.05, 0.1) is 24.7 Å². The molecule has 1 heterocycles. The maximum atomic E-state index is 13.0. The van der Waals surface area contributed by atoms with Crippen LogP contribution in [0.15, 0.2) is 54.6 Å². The lowest BCUT2D eigenvalue weighted by Crippen LogP contribution is -2.41. The van der Waals surface area contributed by atoms with Crippen LogP contribution in [0.1, 0.15) is 16.8 Å². The largest absolute Gasteiger partial charge is 0.497 e. The van der Waals surface area contributed by atoms with Gasteiger partial charge in [-0.1, -0.05) is 24.3 Å². The number of sulfone groups is 1. The molecule has 0 aliphatic carbocycles. The molecule has 3 rings (SSSR count). The number of amides is 1. The number of benzene rings is 2. The Labute approximate surface area is 141 Å². The van der Waals surface area contributed by atoms with Crippen LogP contribution in [0, 0.1) is 0 Å². The molecule has 0 aromatic heterocycles. The molecule has 5 nitrogen and oxygen atoms in total. The molecule has 1 fully saturated rings. The molecule has 0 bridgehead atoms. The minimum Gasteiger partial charge on any atom is -0.497 e. The third-order valence-corrected chi connectivity index (χ3v) is 5.89. The van der Waals surface area contributed by atoms with Gasteiger partial charge in [-0.15, -0.1) is 0 Å². The second-order valence-corrected chi connectivity index (χ2v) is 8.03. The van der Waals surface area contributed by atoms with Crippen molar-refractivity contribution < 1.29 is 17.9 Å². The van der Waals surface area contributed by atoms with Gasteiger partial charge in [-0.05, 0) is 30.7 Å². The van der Waals surface area contributed by atoms with Crippen LogP contribution in [-0.4, -0.2) is 39.0 Å². The Morgan fingerprint density at radius 1 is 1.12 bits per heavy atom. The predicted octanol–water partition coefficient (Wildman–Crippen LogP) is 2.53. The molecule has 1 atom stereocenters. The van der Waals surface area contributed by atoms with Crippen molar-refractivity contribution in [3.05, 3.63) is 60.2 Å². The zero-order valence-electron chi connectivity index (χ0n) is 13.4. The quantitative estimate of drug-likeness (QED) is 0.854. The van der Waals surface area contributed by atoms with E-state index in [0.717, 1.165) is 0 Å². The average Bonchev–Trinajstić information content (AvgIpc) is 2.95. The van der Waals surface area contributed by atoms with Crippen LogP contribution < -0.4 is 9.64 Å². The molecular formula is C18H19NO4S. The summed E-state index contributed by atoms with van der Waals surface area (Å²) in [6.45, 7) is 0. The molecule has 0 N–H and O–H groups in total. The molecule has 0 saturated carbocycles. The number of carbonyl (C=O) groups excluding carboxylic acids is 1. The molecule has 1 saturated heterocycles. The van der Waals surface area contributed by atoms with Crippen LogP contribution in [0.5, 0.6) is 5.75 Å². The minimum atomic E-state index is -3.11. The zero-order valence-corrected chi connectivity index (χ0v) is 14.2. The van der Waals surface area contributed by atoms with Gasteiger partial charge in [0.2, 0.25) is 0 Å². The summed E-state index contributed by atoms with van der Waals surface area (Å²) in [7, 11) is -1.55. The first-order chi connectivity index (χ1) is 11.5. The highest BCUT2D eigenvalue weighted by Crippen LogP contribution is 2.29. The van der Waals surface area contributed by atoms with Gasteiger partial charge in [-0.2, -0.15) is 0 Å². The number of carbonyl (C=O) groups is 1. The van der Waals surface area contributed by atoms with Crippen LogP contribution in [0.25, 0.3) is 0 Å². The number of hydrogen-bond donors (Lipinski definition) is 0. The lowest BCUT2D eigenvalue weighted by atomic mass is 10.1. The van der Waals surface area contributed by atoms with Gasteiger partial charge in [-0.25, -0.2) is 8.42 Å². The third kappa shape index (κ3) is 3.43. The Morgan fingerprint density at radius 3 is 2.50 bits per heavy atom. The van der Waals surface area contributed by atoms with Crippen LogP contribution in [0.3, 0.4) is 0 Å². The molecule has 0 radical (unpaired) electrons. The number of methoxy groups -OCH3 is 1. The summed E-state index contributed by atoms with van der Waals surface area (Å²) in [6.07, 6.45) is 0.443. The zero-order chi connectivity index (χ0) is 17.2. The number of hydrogen-bond acceptors (Lipinski definition) is 4. The van der Waals surface area contributed by atoms with Crippen molar-refractivity contribution in [3.8, 4) is 5.75 Å². The minimum absolute atomic E-state index is 0.0111. The first-order valence-electron chi connectivity index (χ1n) is 7.73. The molecule has 1 unspecified atom stereocenters. The first kappa shape index (κ1) is 16.5. The summed E-state index contributed by atoms with van der Waals surface area (Å²) >= 11 is 0. The van der Waals surface area contributed by atoms with Gasteiger partial charge in [0.1, 0.15) is 5.75 Å². The maximum absolute atomic E-state index is 13.0. The van der Waals surface area contributed by atoms with Gasteiger partial charge in [0.15, 0.2) is 9.84 Å². The topological polar surface area (TPSA) is 63.7 Å². The maximum Gasteiger partial charge on any atom is 0.258 e. The smallest absolute Gasteiger partial charge is 0.258 e. The van der Waals surface area contributed by atoms with E-state index in [1.807, 2.05) is 6.07 Å². The molecule has 2 aromatic carbocycles. The predicted molar refractivity (Wildman–Crippen MR) is 93.3 cm³/mol. The Hall–Kier alpha value is -2.34. The molecule has 126 valence electrons. The van der Waals surface area contributed by atoms with E-state index in [2.05, 4.69) is 0 Å². The van der Waals surface area contributed by atoms with E-state index >= 15 is 0 Å². The Balaban J connectivity index is 2.02. The molecule has 2 aromatic rings. The van der Waals surface area contributed by atoms with Crippen molar-refractivity contribution >= 4 is 21.4 Å². The van der Waals surface area contributed by atoms with Gasteiger partial charge in [-0.3, -0.25) is 4.79 Å². The summed E-state index contributed by atoms with van der Waals surface area (Å²) in [4.78, 5) is 14.6. The first-order valence-corrected chi connectivity index (χ1v) is 9.55. The van der Waals surface area contributed by atoms with E-state index in [1.165, 1.54) is 0 Å². The van der Waals surface area contributed by atoms with Crippen molar-refractivity contribution in [1.82, 2.24) is 0 Å². The molecule has 24 heavy (non-hydrogen) atoms. The third-order valence-electron chi connectivity index (χ3n) is 4.14. The normalized spacial score (nSPS) is 19.0. The van der Waals surface area contributed by atoms with E-state index in [-0.39, 0.29) is 23.5 Å². The highest BCUT2D eigenvalue weighted by atomic mass is 32.2. The number of rotatable bonds is 4. The fourth-order valence-corrected chi connectivity index (χ4v) is 4.65. The van der Waals surface area contributed by atoms with Crippen molar-refractivity contribution in [2.24, 2.45) is 0 Å². The molecule has 6 heteroatoms. The van der Waals surface area contributed by atoms with Crippen molar-refractivity contribution in [1.29, 1.82) is 0 Å². The standard InChI is InChI=1S/C18H19NO4S/c1-23-17-9-5-8-15(12-17)19(16-10-11-24(21,22)13-16)18(20)14-6-3-2-4-7-14/h2-9,12,16H,10-11,13H2,1H3. The van der Waals surface area contributed by atoms with E-state index in [0.29, 0.717) is 23.4 Å². The number of anilines is 1. The molecule has 1 aliphatic heterocycles. The van der Waals surface area contributed by atoms with Gasteiger partial charge in [0, 0.05) is 17.3 Å². The van der Waals surface area contributed by atoms with Crippen molar-refractivity contribution in [2.75, 3.05) is 23.5 Å². The van der Waals surface area contributed by atoms with E-state index in [4.69, 9.17) is 4.74 Å². The highest BCUT2D eigenvalue weighted by molar-refractivity contribution is 7.91. The Morgan fingerprint density at radius 2 is 1.88 bits per heavy atom. The molecule has 1 aliphatic rings. The Kier molecular flexibility index (Phi) is 4.57. The van der Waals surface area contributed by atoms with Crippen LogP contribution in [0.4, 0.5) is 5.69 Å². The monoisotopic (exact) mass is 345 g/mol. The average molecular weight is 345 g/mol. The van der Waals surface area contributed by atoms with Gasteiger partial charge >= 0.3 is 0 Å². The van der Waals surface area contributed by atoms with Crippen LogP contribution in [0.2, 0.25) is 0 Å². The highest BCUT2D eigenvalue weighted by Gasteiger charge is 2.36. The summed E-state index contributed by atoms with van der Waals surface area (Å²) in [5.74, 6) is 0.522. The van der Waals surface area contributed by atoms with Crippen LogP contribution >= 0.6 is 0 Å². The molecule has 0 spiro atoms. The lowest BCUT2D eigenvalue weighted by molar-refractivity contribution is 0.0979. The Bertz CT molecular complexity index is 833. The second-order valence-electron chi connectivity index (χ2n) is 5.80. The van der Waals surface area contributed by atoms with Crippen molar-refractivity contribution in [2.45, 2.75) is 12.5 Å². The molecular weight excluding hydrogens is 326 g/mol. The SMILES string of the molecule is COc1cccc(N(C(=O)c2ccccc2)C2CCS(=O)(=O)C2)c1. The second kappa shape index (κ2) is 6.65. The fraction of sp³-hybridized carbons (Fsp3) is 0.278. The number of ether oxygens (including phenoxy) is 1. The summed E-state index contributed by atoms with van der Waals surface area (Å²) < 4.78 is 29.0. The summed E-state index contributed by atoms with van der Waals surface area (Å²) in [5.41, 5.74) is 1.18.